The molecule has 0 heterocycles. The summed E-state index contributed by atoms with van der Waals surface area (Å²) < 4.78 is 40.5. The van der Waals surface area contributed by atoms with Crippen LogP contribution in [0.1, 0.15) is 18.4 Å². The lowest BCUT2D eigenvalue weighted by atomic mass is 10.0. The Morgan fingerprint density at radius 3 is 2.48 bits per heavy atom. The average Bonchev–Trinajstić information content (AvgIpc) is 2.48. The minimum Gasteiger partial charge on any atom is -0.211 e. The molecule has 0 saturated heterocycles. The van der Waals surface area contributed by atoms with Crippen molar-refractivity contribution in [1.82, 2.24) is 4.72 Å². The highest BCUT2D eigenvalue weighted by Gasteiger charge is 2.17. The van der Waals surface area contributed by atoms with E-state index in [0.717, 1.165) is 11.6 Å². The molecule has 1 N–H and O–H groups in total. The molecule has 0 aromatic heterocycles. The quantitative estimate of drug-likeness (QED) is 0.871. The Hall–Kier alpha value is -1.24. The first kappa shape index (κ1) is 16.1. The third-order valence-corrected chi connectivity index (χ3v) is 5.21. The van der Waals surface area contributed by atoms with Crippen molar-refractivity contribution in [2.45, 2.75) is 17.7 Å². The zero-order chi connectivity index (χ0) is 15.5. The van der Waals surface area contributed by atoms with Gasteiger partial charge in [-0.15, -0.1) is 0 Å². The minimum atomic E-state index is -3.71. The van der Waals surface area contributed by atoms with Crippen LogP contribution < -0.4 is 4.72 Å². The highest BCUT2D eigenvalue weighted by atomic mass is 79.9. The summed E-state index contributed by atoms with van der Waals surface area (Å²) in [6.07, 6.45) is 0. The van der Waals surface area contributed by atoms with Gasteiger partial charge in [-0.3, -0.25) is 0 Å². The van der Waals surface area contributed by atoms with Gasteiger partial charge in [-0.05, 0) is 45.6 Å². The molecule has 0 amide bonds. The van der Waals surface area contributed by atoms with Gasteiger partial charge in [0.15, 0.2) is 0 Å². The number of sulfonamides is 1. The first-order valence-electron chi connectivity index (χ1n) is 6.40. The third kappa shape index (κ3) is 4.12. The molecule has 21 heavy (non-hydrogen) atoms. The molecule has 2 aromatic rings. The van der Waals surface area contributed by atoms with Gasteiger partial charge in [-0.1, -0.05) is 37.3 Å². The highest BCUT2D eigenvalue weighted by Crippen LogP contribution is 2.20. The summed E-state index contributed by atoms with van der Waals surface area (Å²) in [7, 11) is -3.71. The normalized spacial score (nSPS) is 13.1. The van der Waals surface area contributed by atoms with E-state index in [9.17, 15) is 12.8 Å². The van der Waals surface area contributed by atoms with Crippen LogP contribution in [-0.4, -0.2) is 15.0 Å². The molecule has 3 nitrogen and oxygen atoms in total. The van der Waals surface area contributed by atoms with E-state index in [1.165, 1.54) is 12.1 Å². The Labute approximate surface area is 132 Å². The lowest BCUT2D eigenvalue weighted by Crippen LogP contribution is -2.27. The second-order valence-corrected chi connectivity index (χ2v) is 7.36. The van der Waals surface area contributed by atoms with E-state index in [2.05, 4.69) is 20.7 Å². The summed E-state index contributed by atoms with van der Waals surface area (Å²) in [6, 6.07) is 13.4. The van der Waals surface area contributed by atoms with E-state index in [1.807, 2.05) is 37.3 Å². The molecule has 112 valence electrons. The van der Waals surface area contributed by atoms with Crippen LogP contribution in [0.3, 0.4) is 0 Å². The van der Waals surface area contributed by atoms with Crippen molar-refractivity contribution in [3.63, 3.8) is 0 Å². The van der Waals surface area contributed by atoms with Crippen LogP contribution >= 0.6 is 15.9 Å². The molecule has 0 saturated carbocycles. The summed E-state index contributed by atoms with van der Waals surface area (Å²) in [5, 5.41) is 0. The van der Waals surface area contributed by atoms with E-state index < -0.39 is 15.8 Å². The van der Waals surface area contributed by atoms with Crippen molar-refractivity contribution in [3.8, 4) is 0 Å². The van der Waals surface area contributed by atoms with Gasteiger partial charge in [0.2, 0.25) is 10.0 Å². The fourth-order valence-corrected chi connectivity index (χ4v) is 3.25. The molecular formula is C15H15BrFNO2S. The Morgan fingerprint density at radius 1 is 1.19 bits per heavy atom. The molecule has 1 atom stereocenters. The number of hydrogen-bond donors (Lipinski definition) is 1. The summed E-state index contributed by atoms with van der Waals surface area (Å²) in [6.45, 7) is 2.18. The smallest absolute Gasteiger partial charge is 0.211 e. The average molecular weight is 372 g/mol. The van der Waals surface area contributed by atoms with E-state index in [-0.39, 0.29) is 21.8 Å². The maximum atomic E-state index is 13.4. The summed E-state index contributed by atoms with van der Waals surface area (Å²) in [5.74, 6) is -0.574. The zero-order valence-corrected chi connectivity index (χ0v) is 13.8. The van der Waals surface area contributed by atoms with Crippen LogP contribution in [0.15, 0.2) is 57.9 Å². The first-order chi connectivity index (χ1) is 9.90. The second kappa shape index (κ2) is 6.68. The van der Waals surface area contributed by atoms with Crippen LogP contribution in [-0.2, 0) is 10.0 Å². The molecular weight excluding hydrogens is 357 g/mol. The molecule has 0 spiro atoms. The van der Waals surface area contributed by atoms with Crippen LogP contribution in [0.2, 0.25) is 0 Å². The zero-order valence-electron chi connectivity index (χ0n) is 11.4. The van der Waals surface area contributed by atoms with Gasteiger partial charge >= 0.3 is 0 Å². The lowest BCUT2D eigenvalue weighted by molar-refractivity contribution is 0.571. The van der Waals surface area contributed by atoms with Crippen molar-refractivity contribution in [2.24, 2.45) is 0 Å². The van der Waals surface area contributed by atoms with E-state index in [0.29, 0.717) is 0 Å². The topological polar surface area (TPSA) is 46.2 Å². The summed E-state index contributed by atoms with van der Waals surface area (Å²) in [5.41, 5.74) is 1.04. The van der Waals surface area contributed by atoms with E-state index in [4.69, 9.17) is 0 Å². The van der Waals surface area contributed by atoms with Gasteiger partial charge in [0.05, 0.1) is 9.37 Å². The molecule has 0 radical (unpaired) electrons. The van der Waals surface area contributed by atoms with Crippen molar-refractivity contribution in [2.75, 3.05) is 6.54 Å². The Balaban J connectivity index is 2.09. The van der Waals surface area contributed by atoms with Gasteiger partial charge in [0.1, 0.15) is 5.82 Å². The standard InChI is InChI=1S/C15H15BrFNO2S/c1-11(12-5-3-2-4-6-12)10-18-21(19,20)13-7-8-14(16)15(17)9-13/h2-9,11,18H,10H2,1H3. The second-order valence-electron chi connectivity index (χ2n) is 4.74. The first-order valence-corrected chi connectivity index (χ1v) is 8.67. The monoisotopic (exact) mass is 371 g/mol. The van der Waals surface area contributed by atoms with Crippen LogP contribution in [0, 0.1) is 5.82 Å². The molecule has 0 fully saturated rings. The molecule has 2 aromatic carbocycles. The third-order valence-electron chi connectivity index (χ3n) is 3.15. The molecule has 0 aliphatic carbocycles. The molecule has 6 heteroatoms. The van der Waals surface area contributed by atoms with Crippen LogP contribution in [0.25, 0.3) is 0 Å². The predicted octanol–water partition coefficient (Wildman–Crippen LogP) is 3.67. The number of nitrogens with one attached hydrogen (secondary N) is 1. The van der Waals surface area contributed by atoms with Gasteiger partial charge in [-0.25, -0.2) is 17.5 Å². The lowest BCUT2D eigenvalue weighted by Gasteiger charge is -2.13. The van der Waals surface area contributed by atoms with Crippen molar-refractivity contribution in [3.05, 3.63) is 64.4 Å². The van der Waals surface area contributed by atoms with Gasteiger partial charge in [-0.2, -0.15) is 0 Å². The highest BCUT2D eigenvalue weighted by molar-refractivity contribution is 9.10. The molecule has 0 bridgehead atoms. The molecule has 2 rings (SSSR count). The fraction of sp³-hybridized carbons (Fsp3) is 0.200. The van der Waals surface area contributed by atoms with Crippen molar-refractivity contribution < 1.29 is 12.8 Å². The number of hydrogen-bond acceptors (Lipinski definition) is 2. The maximum Gasteiger partial charge on any atom is 0.240 e. The SMILES string of the molecule is CC(CNS(=O)(=O)c1ccc(Br)c(F)c1)c1ccccc1. The maximum absolute atomic E-state index is 13.4. The van der Waals surface area contributed by atoms with Crippen molar-refractivity contribution >= 4 is 26.0 Å². The van der Waals surface area contributed by atoms with Gasteiger partial charge in [0, 0.05) is 6.54 Å². The predicted molar refractivity (Wildman–Crippen MR) is 84.1 cm³/mol. The molecule has 1 unspecified atom stereocenters. The number of rotatable bonds is 5. The molecule has 0 aliphatic rings. The van der Waals surface area contributed by atoms with Gasteiger partial charge < -0.3 is 0 Å². The molecule has 0 aliphatic heterocycles. The number of halogens is 2. The largest absolute Gasteiger partial charge is 0.240 e. The Kier molecular flexibility index (Phi) is 5.13. The Bertz CT molecular complexity index is 720. The summed E-state index contributed by atoms with van der Waals surface area (Å²) in [4.78, 5) is -0.0801. The van der Waals surface area contributed by atoms with Crippen LogP contribution in [0.5, 0.6) is 0 Å². The fourth-order valence-electron chi connectivity index (χ4n) is 1.86. The summed E-state index contributed by atoms with van der Waals surface area (Å²) >= 11 is 3.00. The van der Waals surface area contributed by atoms with E-state index in [1.54, 1.807) is 0 Å². The van der Waals surface area contributed by atoms with E-state index >= 15 is 0 Å². The van der Waals surface area contributed by atoms with Gasteiger partial charge in [0.25, 0.3) is 0 Å². The number of benzene rings is 2. The van der Waals surface area contributed by atoms with Crippen LogP contribution in [0.4, 0.5) is 4.39 Å². The minimum absolute atomic E-state index is 0.0290. The van der Waals surface area contributed by atoms with Crippen molar-refractivity contribution in [1.29, 1.82) is 0 Å². The Morgan fingerprint density at radius 2 is 1.86 bits per heavy atom.